The summed E-state index contributed by atoms with van der Waals surface area (Å²) in [7, 11) is 0. The van der Waals surface area contributed by atoms with Gasteiger partial charge < -0.3 is 0 Å². The van der Waals surface area contributed by atoms with Crippen LogP contribution in [-0.4, -0.2) is 34.7 Å². The van der Waals surface area contributed by atoms with Crippen LogP contribution in [0.1, 0.15) is 68.8 Å². The van der Waals surface area contributed by atoms with Gasteiger partial charge >= 0.3 is 5.69 Å². The molecule has 3 heterocycles. The van der Waals surface area contributed by atoms with Crippen LogP contribution in [0.15, 0.2) is 71.9 Å². The van der Waals surface area contributed by atoms with Gasteiger partial charge in [-0.1, -0.05) is 76.6 Å². The highest BCUT2D eigenvalue weighted by Gasteiger charge is 2.19. The molecule has 2 aromatic carbocycles. The number of imidazole rings is 1. The fraction of sp³-hybridized carbons (Fsp3) is 0.323. The molecule has 0 spiro atoms. The third-order valence-electron chi connectivity index (χ3n) is 7.27. The molecule has 3 aromatic heterocycles. The molecule has 200 valence electrons. The zero-order valence-electron chi connectivity index (χ0n) is 23.1. The van der Waals surface area contributed by atoms with Gasteiger partial charge in [-0.25, -0.2) is 9.89 Å². The molecule has 5 rings (SSSR count). The Labute approximate surface area is 228 Å². The Hall–Kier alpha value is -4.33. The van der Waals surface area contributed by atoms with Gasteiger partial charge in [0.2, 0.25) is 0 Å². The van der Waals surface area contributed by atoms with Crippen molar-refractivity contribution in [2.45, 2.75) is 65.8 Å². The largest absolute Gasteiger partial charge is 0.333 e. The minimum atomic E-state index is 0.0159. The summed E-state index contributed by atoms with van der Waals surface area (Å²) in [5, 5.41) is 14.3. The molecule has 0 saturated carbocycles. The Kier molecular flexibility index (Phi) is 7.81. The van der Waals surface area contributed by atoms with E-state index in [-0.39, 0.29) is 5.69 Å². The molecule has 0 saturated heterocycles. The molecule has 0 aliphatic heterocycles. The molecule has 0 aliphatic rings. The highest BCUT2D eigenvalue weighted by Crippen LogP contribution is 2.30. The van der Waals surface area contributed by atoms with Crippen molar-refractivity contribution < 1.29 is 0 Å². The lowest BCUT2D eigenvalue weighted by Crippen LogP contribution is -2.26. The van der Waals surface area contributed by atoms with Crippen LogP contribution in [0.5, 0.6) is 0 Å². The van der Waals surface area contributed by atoms with Crippen LogP contribution in [0.25, 0.3) is 28.2 Å². The van der Waals surface area contributed by atoms with Crippen LogP contribution in [0, 0.1) is 0 Å². The van der Waals surface area contributed by atoms with E-state index in [1.807, 2.05) is 15.2 Å². The van der Waals surface area contributed by atoms with Gasteiger partial charge in [-0.2, -0.15) is 0 Å². The van der Waals surface area contributed by atoms with Crippen LogP contribution in [-0.2, 0) is 19.4 Å². The summed E-state index contributed by atoms with van der Waals surface area (Å²) in [6.07, 6.45) is 9.45. The molecule has 0 radical (unpaired) electrons. The lowest BCUT2D eigenvalue weighted by atomic mass is 9.96. The van der Waals surface area contributed by atoms with E-state index in [1.54, 1.807) is 12.4 Å². The Balaban J connectivity index is 1.52. The average Bonchev–Trinajstić information content (AvgIpc) is 3.61. The molecule has 0 fully saturated rings. The Morgan fingerprint density at radius 3 is 2.51 bits per heavy atom. The second kappa shape index (κ2) is 11.6. The van der Waals surface area contributed by atoms with Crippen LogP contribution >= 0.6 is 0 Å². The lowest BCUT2D eigenvalue weighted by Gasteiger charge is -2.16. The summed E-state index contributed by atoms with van der Waals surface area (Å²) >= 11 is 0. The number of aryl methyl sites for hydroxylation is 2. The van der Waals surface area contributed by atoms with E-state index in [0.29, 0.717) is 18.3 Å². The molecule has 0 atom stereocenters. The first-order valence-corrected chi connectivity index (χ1v) is 13.7. The fourth-order valence-electron chi connectivity index (χ4n) is 5.15. The number of tetrazole rings is 1. The summed E-state index contributed by atoms with van der Waals surface area (Å²) in [4.78, 5) is 18.2. The number of para-hydroxylation sites is 1. The molecule has 8 nitrogen and oxygen atoms in total. The zero-order valence-corrected chi connectivity index (χ0v) is 23.1. The van der Waals surface area contributed by atoms with E-state index in [2.05, 4.69) is 102 Å². The van der Waals surface area contributed by atoms with Crippen molar-refractivity contribution in [3.05, 3.63) is 100.0 Å². The molecule has 39 heavy (non-hydrogen) atoms. The summed E-state index contributed by atoms with van der Waals surface area (Å²) in [6, 6.07) is 16.7. The highest BCUT2D eigenvalue weighted by atomic mass is 16.1. The number of nitrogens with one attached hydrogen (secondary N) is 1. The topological polar surface area (TPSA) is 94.3 Å². The molecule has 0 bridgehead atoms. The third-order valence-corrected chi connectivity index (χ3v) is 7.27. The van der Waals surface area contributed by atoms with Crippen LogP contribution in [0.3, 0.4) is 0 Å². The number of H-pyrrole nitrogens is 1. The van der Waals surface area contributed by atoms with Crippen LogP contribution < -0.4 is 5.69 Å². The number of aromatic nitrogens is 7. The summed E-state index contributed by atoms with van der Waals surface area (Å²) in [5.74, 6) is 0.892. The molecule has 0 amide bonds. The number of hydrogen-bond acceptors (Lipinski definition) is 5. The SMILES string of the molecule is CCCCc1cn(-c2c(CC)cccc2C(C)C)c(=O)n1Cc1ccc(-c2ccncc2-c2nnn[nH]2)cc1. The quantitative estimate of drug-likeness (QED) is 0.245. The van der Waals surface area contributed by atoms with Crippen molar-refractivity contribution in [3.8, 4) is 28.2 Å². The van der Waals surface area contributed by atoms with Gasteiger partial charge in [0.1, 0.15) is 0 Å². The highest BCUT2D eigenvalue weighted by molar-refractivity contribution is 5.79. The van der Waals surface area contributed by atoms with Gasteiger partial charge in [0, 0.05) is 29.8 Å². The van der Waals surface area contributed by atoms with Gasteiger partial charge in [-0.15, -0.1) is 5.10 Å². The number of benzene rings is 2. The fourth-order valence-corrected chi connectivity index (χ4v) is 5.15. The standard InChI is InChI=1S/C31H35N7O/c1-5-7-10-25-20-38(29-23(6-2)9-8-11-26(29)21(3)4)31(39)37(25)19-22-12-14-24(15-13-22)27-16-17-32-18-28(27)30-33-35-36-34-30/h8-9,11-18,20-21H,5-7,10,19H2,1-4H3,(H,33,34,35,36). The molecule has 5 aromatic rings. The Bertz CT molecular complexity index is 1600. The van der Waals surface area contributed by atoms with Gasteiger partial charge in [0.05, 0.1) is 12.2 Å². The maximum Gasteiger partial charge on any atom is 0.333 e. The number of aromatic amines is 1. The second-order valence-corrected chi connectivity index (χ2v) is 10.2. The molecular formula is C31H35N7O. The number of pyridine rings is 1. The van der Waals surface area contributed by atoms with Crippen molar-refractivity contribution in [2.24, 2.45) is 0 Å². The zero-order chi connectivity index (χ0) is 27.4. The van der Waals surface area contributed by atoms with E-state index in [0.717, 1.165) is 59.3 Å². The Morgan fingerprint density at radius 2 is 1.82 bits per heavy atom. The van der Waals surface area contributed by atoms with Gasteiger partial charge in [0.15, 0.2) is 5.82 Å². The summed E-state index contributed by atoms with van der Waals surface area (Å²) in [6.45, 7) is 9.23. The molecule has 8 heteroatoms. The van der Waals surface area contributed by atoms with E-state index in [4.69, 9.17) is 0 Å². The smallest absolute Gasteiger partial charge is 0.292 e. The van der Waals surface area contributed by atoms with Crippen molar-refractivity contribution in [1.82, 2.24) is 34.7 Å². The summed E-state index contributed by atoms with van der Waals surface area (Å²) < 4.78 is 3.83. The molecule has 0 unspecified atom stereocenters. The molecular weight excluding hydrogens is 486 g/mol. The predicted octanol–water partition coefficient (Wildman–Crippen LogP) is 5.96. The second-order valence-electron chi connectivity index (χ2n) is 10.2. The maximum atomic E-state index is 14.0. The first-order valence-electron chi connectivity index (χ1n) is 13.7. The van der Waals surface area contributed by atoms with Crippen molar-refractivity contribution in [1.29, 1.82) is 0 Å². The molecule has 0 aliphatic carbocycles. The monoisotopic (exact) mass is 521 g/mol. The lowest BCUT2D eigenvalue weighted by molar-refractivity contribution is 0.672. The van der Waals surface area contributed by atoms with Gasteiger partial charge in [0.25, 0.3) is 0 Å². The number of rotatable bonds is 10. The van der Waals surface area contributed by atoms with Crippen LogP contribution in [0.2, 0.25) is 0 Å². The summed E-state index contributed by atoms with van der Waals surface area (Å²) in [5.41, 5.74) is 8.45. The maximum absolute atomic E-state index is 14.0. The predicted molar refractivity (Wildman–Crippen MR) is 154 cm³/mol. The van der Waals surface area contributed by atoms with E-state index in [9.17, 15) is 4.79 Å². The van der Waals surface area contributed by atoms with E-state index < -0.39 is 0 Å². The Morgan fingerprint density at radius 1 is 1.00 bits per heavy atom. The minimum Gasteiger partial charge on any atom is -0.292 e. The first-order chi connectivity index (χ1) is 19.0. The number of nitrogens with zero attached hydrogens (tertiary/aromatic N) is 6. The van der Waals surface area contributed by atoms with Crippen molar-refractivity contribution in [2.75, 3.05) is 0 Å². The van der Waals surface area contributed by atoms with E-state index >= 15 is 0 Å². The van der Waals surface area contributed by atoms with E-state index in [1.165, 1.54) is 11.1 Å². The number of unbranched alkanes of at least 4 members (excludes halogenated alkanes) is 1. The molecule has 1 N–H and O–H groups in total. The third kappa shape index (κ3) is 5.32. The minimum absolute atomic E-state index is 0.0159. The van der Waals surface area contributed by atoms with Gasteiger partial charge in [-0.3, -0.25) is 14.1 Å². The first kappa shape index (κ1) is 26.3. The van der Waals surface area contributed by atoms with Crippen molar-refractivity contribution >= 4 is 0 Å². The number of hydrogen-bond donors (Lipinski definition) is 1. The normalized spacial score (nSPS) is 11.4. The van der Waals surface area contributed by atoms with Crippen LogP contribution in [0.4, 0.5) is 0 Å². The van der Waals surface area contributed by atoms with Gasteiger partial charge in [-0.05, 0) is 69.5 Å². The average molecular weight is 522 g/mol. The van der Waals surface area contributed by atoms with Crippen molar-refractivity contribution in [3.63, 3.8) is 0 Å².